The van der Waals surface area contributed by atoms with Gasteiger partial charge in [-0.05, 0) is 24.6 Å². The van der Waals surface area contributed by atoms with E-state index in [9.17, 15) is 9.18 Å². The average molecular weight is 399 g/mol. The number of hydrogen-bond acceptors (Lipinski definition) is 6. The van der Waals surface area contributed by atoms with E-state index in [1.165, 1.54) is 24.3 Å². The molecule has 0 radical (unpaired) electrons. The average Bonchev–Trinajstić information content (AvgIpc) is 3.18. The lowest BCUT2D eigenvalue weighted by molar-refractivity contribution is 0.0772. The van der Waals surface area contributed by atoms with Gasteiger partial charge >= 0.3 is 0 Å². The summed E-state index contributed by atoms with van der Waals surface area (Å²) >= 11 is 0. The second kappa shape index (κ2) is 9.13. The van der Waals surface area contributed by atoms with E-state index in [4.69, 9.17) is 9.47 Å². The maximum absolute atomic E-state index is 13.6. The van der Waals surface area contributed by atoms with Gasteiger partial charge in [0.2, 0.25) is 5.88 Å². The van der Waals surface area contributed by atoms with Gasteiger partial charge in [0.05, 0.1) is 31.1 Å². The number of aromatic nitrogens is 4. The van der Waals surface area contributed by atoms with Crippen LogP contribution >= 0.6 is 0 Å². The quantitative estimate of drug-likeness (QED) is 0.579. The van der Waals surface area contributed by atoms with Crippen LogP contribution in [0, 0.1) is 5.82 Å². The molecular weight excluding hydrogens is 377 g/mol. The maximum Gasteiger partial charge on any atom is 0.257 e. The summed E-state index contributed by atoms with van der Waals surface area (Å²) in [4.78, 5) is 14.4. The van der Waals surface area contributed by atoms with E-state index < -0.39 is 5.82 Å². The fraction of sp³-hybridized carbons (Fsp3) is 0.300. The molecule has 3 aromatic rings. The van der Waals surface area contributed by atoms with E-state index in [0.717, 1.165) is 5.69 Å². The number of likely N-dealkylation sites (N-methyl/N-ethyl adjacent to an activating group) is 1. The van der Waals surface area contributed by atoms with Crippen LogP contribution in [0.25, 0.3) is 5.82 Å². The number of para-hydroxylation sites is 1. The summed E-state index contributed by atoms with van der Waals surface area (Å²) in [7, 11) is 3.18. The van der Waals surface area contributed by atoms with Crippen LogP contribution in [0.1, 0.15) is 23.0 Å². The molecule has 0 aliphatic rings. The smallest absolute Gasteiger partial charge is 0.257 e. The van der Waals surface area contributed by atoms with Gasteiger partial charge < -0.3 is 14.4 Å². The zero-order valence-corrected chi connectivity index (χ0v) is 16.5. The molecule has 0 atom stereocenters. The fourth-order valence-electron chi connectivity index (χ4n) is 2.79. The van der Waals surface area contributed by atoms with Gasteiger partial charge in [0.25, 0.3) is 5.91 Å². The van der Waals surface area contributed by atoms with Crippen molar-refractivity contribution in [1.82, 2.24) is 24.9 Å². The van der Waals surface area contributed by atoms with Crippen molar-refractivity contribution in [3.05, 3.63) is 59.7 Å². The van der Waals surface area contributed by atoms with Crippen molar-refractivity contribution in [2.75, 3.05) is 27.3 Å². The van der Waals surface area contributed by atoms with Crippen molar-refractivity contribution in [2.45, 2.75) is 13.3 Å². The lowest BCUT2D eigenvalue weighted by Gasteiger charge is -2.18. The molecule has 152 valence electrons. The molecule has 2 heterocycles. The minimum atomic E-state index is -0.434. The maximum atomic E-state index is 13.6. The molecule has 0 saturated heterocycles. The van der Waals surface area contributed by atoms with Crippen molar-refractivity contribution < 1.29 is 18.7 Å². The lowest BCUT2D eigenvalue weighted by Crippen LogP contribution is -2.31. The van der Waals surface area contributed by atoms with Gasteiger partial charge in [0.1, 0.15) is 6.61 Å². The van der Waals surface area contributed by atoms with Crippen molar-refractivity contribution in [3.63, 3.8) is 0 Å². The minimum Gasteiger partial charge on any atom is -0.489 e. The Balaban J connectivity index is 1.69. The van der Waals surface area contributed by atoms with Crippen LogP contribution in [0.4, 0.5) is 4.39 Å². The summed E-state index contributed by atoms with van der Waals surface area (Å²) in [5.74, 6) is 0.411. The van der Waals surface area contributed by atoms with Crippen LogP contribution in [0.3, 0.4) is 0 Å². The summed E-state index contributed by atoms with van der Waals surface area (Å²) < 4.78 is 25.6. The van der Waals surface area contributed by atoms with Crippen LogP contribution < -0.4 is 9.47 Å². The zero-order chi connectivity index (χ0) is 20.8. The molecule has 0 saturated carbocycles. The van der Waals surface area contributed by atoms with Crippen molar-refractivity contribution >= 4 is 5.91 Å². The van der Waals surface area contributed by atoms with Crippen LogP contribution in [0.15, 0.2) is 42.6 Å². The molecule has 2 aromatic heterocycles. The topological polar surface area (TPSA) is 82.4 Å². The number of halogens is 1. The monoisotopic (exact) mass is 399 g/mol. The molecule has 3 rings (SSSR count). The molecule has 0 spiro atoms. The van der Waals surface area contributed by atoms with Gasteiger partial charge in [-0.15, -0.1) is 10.2 Å². The highest BCUT2D eigenvalue weighted by Gasteiger charge is 2.21. The van der Waals surface area contributed by atoms with Crippen LogP contribution in [0.2, 0.25) is 0 Å². The van der Waals surface area contributed by atoms with Gasteiger partial charge in [0.15, 0.2) is 17.4 Å². The molecule has 0 aliphatic heterocycles. The highest BCUT2D eigenvalue weighted by molar-refractivity contribution is 5.95. The number of ether oxygens (including phenoxy) is 2. The molecule has 9 heteroatoms. The number of hydrogen-bond donors (Lipinski definition) is 0. The molecule has 29 heavy (non-hydrogen) atoms. The number of carbonyl (C=O) groups excluding carboxylic acids is 1. The largest absolute Gasteiger partial charge is 0.489 e. The van der Waals surface area contributed by atoms with Gasteiger partial charge in [-0.25, -0.2) is 9.07 Å². The SMILES string of the molecule is CCc1c(C(=O)N(C)CCOc2ccccc2F)cnn1-c1ccc(OC)nn1. The number of rotatable bonds is 8. The molecule has 0 unspecified atom stereocenters. The van der Waals surface area contributed by atoms with Crippen molar-refractivity contribution in [1.29, 1.82) is 0 Å². The van der Waals surface area contributed by atoms with E-state index in [1.54, 1.807) is 42.1 Å². The summed E-state index contributed by atoms with van der Waals surface area (Å²) in [6.07, 6.45) is 2.09. The number of nitrogens with zero attached hydrogens (tertiary/aromatic N) is 5. The summed E-state index contributed by atoms with van der Waals surface area (Å²) in [5, 5.41) is 12.3. The van der Waals surface area contributed by atoms with Gasteiger partial charge in [0, 0.05) is 13.1 Å². The number of methoxy groups -OCH3 is 1. The Hall–Kier alpha value is -3.49. The first-order valence-electron chi connectivity index (χ1n) is 9.13. The molecule has 0 N–H and O–H groups in total. The Bertz CT molecular complexity index is 975. The van der Waals surface area contributed by atoms with Crippen molar-refractivity contribution in [3.8, 4) is 17.4 Å². The van der Waals surface area contributed by atoms with E-state index >= 15 is 0 Å². The summed E-state index contributed by atoms with van der Waals surface area (Å²) in [6, 6.07) is 9.56. The Morgan fingerprint density at radius 1 is 1.21 bits per heavy atom. The highest BCUT2D eigenvalue weighted by Crippen LogP contribution is 2.18. The number of carbonyl (C=O) groups is 1. The molecular formula is C20H22FN5O3. The van der Waals surface area contributed by atoms with Gasteiger partial charge in [-0.3, -0.25) is 4.79 Å². The second-order valence-corrected chi connectivity index (χ2v) is 6.21. The Labute approximate surface area is 167 Å². The first-order chi connectivity index (χ1) is 14.0. The molecule has 0 fully saturated rings. The van der Waals surface area contributed by atoms with Crippen LogP contribution in [-0.4, -0.2) is 58.1 Å². The Morgan fingerprint density at radius 2 is 2.00 bits per heavy atom. The highest BCUT2D eigenvalue weighted by atomic mass is 19.1. The molecule has 0 aliphatic carbocycles. The predicted octanol–water partition coefficient (Wildman–Crippen LogP) is 2.52. The summed E-state index contributed by atoms with van der Waals surface area (Å²) in [5.41, 5.74) is 1.19. The Morgan fingerprint density at radius 3 is 2.66 bits per heavy atom. The first-order valence-corrected chi connectivity index (χ1v) is 9.13. The lowest BCUT2D eigenvalue weighted by atomic mass is 10.2. The van der Waals surface area contributed by atoms with Gasteiger partial charge in [-0.2, -0.15) is 5.10 Å². The predicted molar refractivity (Wildman–Crippen MR) is 104 cm³/mol. The zero-order valence-electron chi connectivity index (χ0n) is 16.5. The molecule has 1 amide bonds. The third-order valence-corrected chi connectivity index (χ3v) is 4.35. The van der Waals surface area contributed by atoms with Crippen LogP contribution in [-0.2, 0) is 6.42 Å². The van der Waals surface area contributed by atoms with E-state index in [2.05, 4.69) is 15.3 Å². The minimum absolute atomic E-state index is 0.161. The molecule has 0 bridgehead atoms. The Kier molecular flexibility index (Phi) is 6.38. The first kappa shape index (κ1) is 20.2. The van der Waals surface area contributed by atoms with Crippen molar-refractivity contribution in [2.24, 2.45) is 0 Å². The standard InChI is InChI=1S/C20H22FN5O3/c1-4-16-14(13-22-26(16)18-9-10-19(28-3)24-23-18)20(27)25(2)11-12-29-17-8-6-5-7-15(17)21/h5-10,13H,4,11-12H2,1-3H3. The van der Waals surface area contributed by atoms with E-state index in [0.29, 0.717) is 30.2 Å². The van der Waals surface area contributed by atoms with E-state index in [1.807, 2.05) is 6.92 Å². The fourth-order valence-corrected chi connectivity index (χ4v) is 2.79. The molecule has 8 nitrogen and oxygen atoms in total. The third kappa shape index (κ3) is 4.50. The number of amides is 1. The second-order valence-electron chi connectivity index (χ2n) is 6.21. The van der Waals surface area contributed by atoms with Crippen LogP contribution in [0.5, 0.6) is 11.6 Å². The third-order valence-electron chi connectivity index (χ3n) is 4.35. The normalized spacial score (nSPS) is 10.6. The summed E-state index contributed by atoms with van der Waals surface area (Å²) in [6.45, 7) is 2.40. The number of benzene rings is 1. The van der Waals surface area contributed by atoms with E-state index in [-0.39, 0.29) is 18.3 Å². The molecule has 1 aromatic carbocycles. The van der Waals surface area contributed by atoms with Gasteiger partial charge in [-0.1, -0.05) is 19.1 Å².